The van der Waals surface area contributed by atoms with Gasteiger partial charge >= 0.3 is 23.9 Å². The number of aliphatic carboxylic acids is 4. The minimum atomic E-state index is -1.67. The van der Waals surface area contributed by atoms with E-state index in [4.69, 9.17) is 21.1 Å². The molecule has 1 amide bonds. The molecule has 4 atom stereocenters. The fraction of sp³-hybridized carbons (Fsp3) is 0.508. The van der Waals surface area contributed by atoms with E-state index in [1.807, 2.05) is 49.4 Å². The molecule has 2 aliphatic carbocycles. The number of carboxylic acid groups (broad SMARTS) is 4. The lowest BCUT2D eigenvalue weighted by Crippen LogP contribution is -2.52. The van der Waals surface area contributed by atoms with Crippen molar-refractivity contribution in [3.05, 3.63) is 130 Å². The Labute approximate surface area is 442 Å². The summed E-state index contributed by atoms with van der Waals surface area (Å²) in [6.07, 6.45) is 15.9. The molecule has 4 unspecified atom stereocenters. The van der Waals surface area contributed by atoms with Crippen molar-refractivity contribution in [1.29, 1.82) is 0 Å². The average molecular weight is 1040 g/mol. The Hall–Kier alpha value is -5.96. The van der Waals surface area contributed by atoms with Crippen LogP contribution in [0.2, 0.25) is 5.02 Å². The van der Waals surface area contributed by atoms with Crippen LogP contribution in [-0.4, -0.2) is 81.5 Å². The van der Waals surface area contributed by atoms with Crippen LogP contribution in [-0.2, 0) is 56.3 Å². The van der Waals surface area contributed by atoms with Gasteiger partial charge in [0.25, 0.3) is 0 Å². The summed E-state index contributed by atoms with van der Waals surface area (Å²) in [6.45, 7) is 6.57. The van der Waals surface area contributed by atoms with Crippen LogP contribution in [0.3, 0.4) is 0 Å². The summed E-state index contributed by atoms with van der Waals surface area (Å²) in [5.41, 5.74) is 2.14. The number of carbonyl (C=O) groups excluding carboxylic acids is 1. The van der Waals surface area contributed by atoms with E-state index in [0.29, 0.717) is 44.2 Å². The van der Waals surface area contributed by atoms with Crippen molar-refractivity contribution in [1.82, 2.24) is 16.0 Å². The Morgan fingerprint density at radius 1 is 0.595 bits per heavy atom. The van der Waals surface area contributed by atoms with Crippen LogP contribution in [0.4, 0.5) is 0 Å². The topological polar surface area (TPSA) is 221 Å². The van der Waals surface area contributed by atoms with E-state index in [1.165, 1.54) is 56.1 Å². The van der Waals surface area contributed by atoms with Crippen molar-refractivity contribution < 1.29 is 53.9 Å². The molecule has 402 valence electrons. The standard InChI is InChI=1S/C32H44N2O5.C27H34ClNO6/c1-2-3-4-5-6-7-9-12-24-15-17-26(18-16-24)23-33-27-19-20-32(22-27,31(38)39)30(37)34-28(29(35)36)21-25-13-10-8-11-14-25;1-2-34-24-12-9-19(16-23(24)28)6-4-3-5-15-35-22-10-7-20(8-11-22)18-29-21-13-14-27(17-21,25(30)31)26(32)33/h8,10-11,13-18,27-28,33H,2-7,9,12,19-23H2,1H3,(H,34,37)(H,35,36)(H,38,39);7-12,16,21,29H,2-6,13-15,17-18H2,1H3,(H,30,31)(H,32,33). The third-order valence-corrected chi connectivity index (χ3v) is 14.8. The van der Waals surface area contributed by atoms with Gasteiger partial charge in [0, 0.05) is 31.6 Å². The molecule has 0 heterocycles. The van der Waals surface area contributed by atoms with Gasteiger partial charge in [-0.1, -0.05) is 130 Å². The Balaban J connectivity index is 0.000000276. The summed E-state index contributed by atoms with van der Waals surface area (Å²) < 4.78 is 11.3. The number of nitrogens with one attached hydrogen (secondary N) is 3. The first kappa shape index (κ1) is 58.9. The van der Waals surface area contributed by atoms with Crippen molar-refractivity contribution in [2.24, 2.45) is 10.8 Å². The number of carboxylic acids is 4. The summed E-state index contributed by atoms with van der Waals surface area (Å²) in [4.78, 5) is 60.1. The van der Waals surface area contributed by atoms with E-state index in [-0.39, 0.29) is 44.2 Å². The molecule has 0 radical (unpaired) electrons. The first-order chi connectivity index (χ1) is 35.7. The molecular formula is C59H78ClN3O11. The van der Waals surface area contributed by atoms with E-state index in [1.54, 1.807) is 24.3 Å². The molecule has 2 aliphatic rings. The van der Waals surface area contributed by atoms with Gasteiger partial charge in [0.1, 0.15) is 23.0 Å². The molecule has 2 fully saturated rings. The number of rotatable bonds is 31. The molecule has 0 saturated heterocycles. The van der Waals surface area contributed by atoms with Crippen molar-refractivity contribution in [3.8, 4) is 11.5 Å². The molecule has 2 saturated carbocycles. The maximum Gasteiger partial charge on any atom is 0.326 e. The van der Waals surface area contributed by atoms with Gasteiger partial charge in [-0.3, -0.25) is 19.2 Å². The average Bonchev–Trinajstić information content (AvgIpc) is 4.05. The minimum absolute atomic E-state index is 0.0915. The maximum absolute atomic E-state index is 13.2. The van der Waals surface area contributed by atoms with Gasteiger partial charge in [-0.2, -0.15) is 0 Å². The van der Waals surface area contributed by atoms with Crippen LogP contribution in [0.5, 0.6) is 11.5 Å². The van der Waals surface area contributed by atoms with E-state index >= 15 is 0 Å². The Morgan fingerprint density at radius 2 is 1.11 bits per heavy atom. The maximum atomic E-state index is 13.2. The quantitative estimate of drug-likeness (QED) is 0.0184. The molecule has 14 nitrogen and oxygen atoms in total. The van der Waals surface area contributed by atoms with E-state index < -0.39 is 46.7 Å². The number of amides is 1. The highest BCUT2D eigenvalue weighted by Crippen LogP contribution is 2.40. The Bertz CT molecular complexity index is 2370. The SMILES string of the molecule is CCCCCCCCCc1ccc(CNC2CCC(C(=O)O)(C(=O)NC(Cc3ccccc3)C(=O)O)C2)cc1.CCOc1ccc(CCCCCOc2ccc(CNC3CCC(C(=O)O)(C(=O)O)C3)cc2)cc1Cl. The number of aryl methyl sites for hydroxylation is 2. The van der Waals surface area contributed by atoms with Crippen molar-refractivity contribution >= 4 is 41.4 Å². The minimum Gasteiger partial charge on any atom is -0.494 e. The highest BCUT2D eigenvalue weighted by atomic mass is 35.5. The van der Waals surface area contributed by atoms with Crippen LogP contribution in [0, 0.1) is 10.8 Å². The van der Waals surface area contributed by atoms with E-state index in [2.05, 4.69) is 53.2 Å². The molecule has 0 spiro atoms. The largest absolute Gasteiger partial charge is 0.494 e. The highest BCUT2D eigenvalue weighted by molar-refractivity contribution is 6.32. The number of hydrogen-bond acceptors (Lipinski definition) is 9. The normalized spacial score (nSPS) is 18.1. The Morgan fingerprint density at radius 3 is 1.66 bits per heavy atom. The van der Waals surface area contributed by atoms with Crippen LogP contribution < -0.4 is 25.4 Å². The molecular weight excluding hydrogens is 962 g/mol. The third-order valence-electron chi connectivity index (χ3n) is 14.5. The molecule has 74 heavy (non-hydrogen) atoms. The van der Waals surface area contributed by atoms with Crippen LogP contribution in [0.15, 0.2) is 97.1 Å². The summed E-state index contributed by atoms with van der Waals surface area (Å²) >= 11 is 6.24. The third kappa shape index (κ3) is 18.2. The number of halogens is 1. The number of ether oxygens (including phenoxy) is 2. The van der Waals surface area contributed by atoms with Crippen molar-refractivity contribution in [2.45, 2.75) is 167 Å². The predicted octanol–water partition coefficient (Wildman–Crippen LogP) is 10.8. The smallest absolute Gasteiger partial charge is 0.326 e. The molecule has 6 rings (SSSR count). The van der Waals surface area contributed by atoms with Crippen molar-refractivity contribution in [3.63, 3.8) is 0 Å². The molecule has 15 heteroatoms. The fourth-order valence-electron chi connectivity index (χ4n) is 9.87. The molecule has 7 N–H and O–H groups in total. The second kappa shape index (κ2) is 30.4. The predicted molar refractivity (Wildman–Crippen MR) is 287 cm³/mol. The Kier molecular flexibility index (Phi) is 24.2. The first-order valence-corrected chi connectivity index (χ1v) is 27.0. The van der Waals surface area contributed by atoms with Crippen LogP contribution >= 0.6 is 11.6 Å². The lowest BCUT2D eigenvalue weighted by atomic mass is 9.84. The molecule has 0 aliphatic heterocycles. The van der Waals surface area contributed by atoms with Gasteiger partial charge in [-0.05, 0) is 136 Å². The van der Waals surface area contributed by atoms with E-state index in [9.17, 15) is 44.4 Å². The van der Waals surface area contributed by atoms with Crippen molar-refractivity contribution in [2.75, 3.05) is 13.2 Å². The summed E-state index contributed by atoms with van der Waals surface area (Å²) in [5, 5.41) is 48.2. The molecule has 4 aromatic carbocycles. The van der Waals surface area contributed by atoms with Gasteiger partial charge in [0.05, 0.1) is 18.2 Å². The number of benzene rings is 4. The van der Waals surface area contributed by atoms with Gasteiger partial charge in [0.2, 0.25) is 5.91 Å². The molecule has 4 aromatic rings. The zero-order valence-corrected chi connectivity index (χ0v) is 44.0. The number of hydrogen-bond donors (Lipinski definition) is 7. The summed E-state index contributed by atoms with van der Waals surface area (Å²) in [7, 11) is 0. The lowest BCUT2D eigenvalue weighted by Gasteiger charge is -2.26. The van der Waals surface area contributed by atoms with Gasteiger partial charge in [-0.25, -0.2) is 4.79 Å². The zero-order valence-electron chi connectivity index (χ0n) is 43.3. The van der Waals surface area contributed by atoms with E-state index in [0.717, 1.165) is 60.3 Å². The second-order valence-electron chi connectivity index (χ2n) is 20.0. The molecule has 0 bridgehead atoms. The first-order valence-electron chi connectivity index (χ1n) is 26.6. The van der Waals surface area contributed by atoms with Crippen LogP contribution in [0.1, 0.15) is 144 Å². The van der Waals surface area contributed by atoms with Crippen LogP contribution in [0.25, 0.3) is 0 Å². The summed E-state index contributed by atoms with van der Waals surface area (Å²) in [6, 6.07) is 29.8. The second-order valence-corrected chi connectivity index (χ2v) is 20.4. The van der Waals surface area contributed by atoms with Gasteiger partial charge in [0.15, 0.2) is 5.41 Å². The molecule has 0 aromatic heterocycles. The van der Waals surface area contributed by atoms with Gasteiger partial charge < -0.3 is 45.9 Å². The monoisotopic (exact) mass is 1040 g/mol. The summed E-state index contributed by atoms with van der Waals surface area (Å²) in [5.74, 6) is -4.09. The lowest BCUT2D eigenvalue weighted by molar-refractivity contribution is -0.164. The van der Waals surface area contributed by atoms with Gasteiger partial charge in [-0.15, -0.1) is 0 Å². The number of unbranched alkanes of at least 4 members (excludes halogenated alkanes) is 8. The fourth-order valence-corrected chi connectivity index (χ4v) is 10.1. The number of carbonyl (C=O) groups is 5. The zero-order chi connectivity index (χ0) is 53.4. The highest BCUT2D eigenvalue weighted by Gasteiger charge is 2.53.